The van der Waals surface area contributed by atoms with Crippen LogP contribution >= 0.6 is 11.3 Å². The number of ether oxygens (including phenoxy) is 1. The molecule has 0 unspecified atom stereocenters. The number of carbonyl (C=O) groups excluding carboxylic acids is 1. The molecule has 0 saturated carbocycles. The van der Waals surface area contributed by atoms with E-state index in [-0.39, 0.29) is 5.91 Å². The summed E-state index contributed by atoms with van der Waals surface area (Å²) in [6.07, 6.45) is -1.79. The van der Waals surface area contributed by atoms with Crippen LogP contribution in [0.15, 0.2) is 60.0 Å². The molecule has 2 aromatic heterocycles. The van der Waals surface area contributed by atoms with Crippen LogP contribution < -0.4 is 10.1 Å². The largest absolute Gasteiger partial charge is 0.497 e. The normalized spacial score (nSPS) is 11.5. The minimum Gasteiger partial charge on any atom is -0.497 e. The standard InChI is InChI=1S/C30H33F3N4O2S/c1-5-6-15-36(3)28(38)25-18-27(37(20(25)2)16-14-21-10-12-24(39-4)13-11-21)26-19-40-29(35-26)34-23-9-7-8-22(17-23)30(31,32)33/h7-13,17-19H,5-6,14-16H2,1-4H3,(H,34,35). The highest BCUT2D eigenvalue weighted by Crippen LogP contribution is 2.34. The number of amides is 1. The Balaban J connectivity index is 1.64. The number of nitrogens with one attached hydrogen (secondary N) is 1. The fraction of sp³-hybridized carbons (Fsp3) is 0.333. The summed E-state index contributed by atoms with van der Waals surface area (Å²) in [5.74, 6) is 0.737. The molecule has 4 rings (SSSR count). The first-order valence-electron chi connectivity index (χ1n) is 13.1. The van der Waals surface area contributed by atoms with Crippen molar-refractivity contribution in [2.75, 3.05) is 26.0 Å². The first kappa shape index (κ1) is 29.2. The number of hydrogen-bond acceptors (Lipinski definition) is 5. The molecular formula is C30H33F3N4O2S. The lowest BCUT2D eigenvalue weighted by molar-refractivity contribution is -0.137. The van der Waals surface area contributed by atoms with E-state index in [1.807, 2.05) is 49.7 Å². The molecule has 0 fully saturated rings. The number of hydrogen-bond donors (Lipinski definition) is 1. The van der Waals surface area contributed by atoms with Gasteiger partial charge >= 0.3 is 6.18 Å². The summed E-state index contributed by atoms with van der Waals surface area (Å²) in [5, 5.41) is 5.30. The van der Waals surface area contributed by atoms with Gasteiger partial charge in [0, 0.05) is 36.9 Å². The van der Waals surface area contributed by atoms with E-state index in [1.165, 1.54) is 17.4 Å². The summed E-state index contributed by atoms with van der Waals surface area (Å²) in [4.78, 5) is 19.8. The number of anilines is 2. The summed E-state index contributed by atoms with van der Waals surface area (Å²) in [5.41, 5.74) is 3.58. The third kappa shape index (κ3) is 6.85. The summed E-state index contributed by atoms with van der Waals surface area (Å²) in [6.45, 7) is 5.31. The van der Waals surface area contributed by atoms with Crippen molar-refractivity contribution in [3.05, 3.63) is 82.4 Å². The average molecular weight is 571 g/mol. The maximum Gasteiger partial charge on any atom is 0.416 e. The van der Waals surface area contributed by atoms with Crippen molar-refractivity contribution in [3.63, 3.8) is 0 Å². The van der Waals surface area contributed by atoms with E-state index in [4.69, 9.17) is 4.74 Å². The minimum absolute atomic E-state index is 0.0482. The number of nitrogens with zero attached hydrogens (tertiary/aromatic N) is 3. The van der Waals surface area contributed by atoms with Crippen LogP contribution in [0.3, 0.4) is 0 Å². The molecule has 0 aliphatic carbocycles. The van der Waals surface area contributed by atoms with Gasteiger partial charge in [-0.2, -0.15) is 13.2 Å². The quantitative estimate of drug-likeness (QED) is 0.200. The second kappa shape index (κ2) is 12.6. The van der Waals surface area contributed by atoms with Crippen molar-refractivity contribution >= 4 is 28.1 Å². The molecule has 0 radical (unpaired) electrons. The van der Waals surface area contributed by atoms with Gasteiger partial charge in [0.1, 0.15) is 5.75 Å². The number of methoxy groups -OCH3 is 1. The third-order valence-corrected chi connectivity index (χ3v) is 7.54. The maximum atomic E-state index is 13.3. The molecule has 0 bridgehead atoms. The van der Waals surface area contributed by atoms with E-state index >= 15 is 0 Å². The van der Waals surface area contributed by atoms with Gasteiger partial charge in [-0.05, 0) is 61.7 Å². The van der Waals surface area contributed by atoms with Crippen molar-refractivity contribution < 1.29 is 22.7 Å². The topological polar surface area (TPSA) is 59.4 Å². The van der Waals surface area contributed by atoms with Crippen LogP contribution in [0, 0.1) is 6.92 Å². The number of unbranched alkanes of at least 4 members (excludes halogenated alkanes) is 1. The van der Waals surface area contributed by atoms with Crippen LogP contribution in [-0.2, 0) is 19.1 Å². The first-order chi connectivity index (χ1) is 19.1. The summed E-state index contributed by atoms with van der Waals surface area (Å²) < 4.78 is 46.8. The van der Waals surface area contributed by atoms with Gasteiger partial charge in [0.15, 0.2) is 5.13 Å². The average Bonchev–Trinajstić information content (AvgIpc) is 3.53. The van der Waals surface area contributed by atoms with E-state index in [9.17, 15) is 18.0 Å². The SMILES string of the molecule is CCCCN(C)C(=O)c1cc(-c2csc(Nc3cccc(C(F)(F)F)c3)n2)n(CCc2ccc(OC)cc2)c1C. The lowest BCUT2D eigenvalue weighted by Crippen LogP contribution is -2.28. The lowest BCUT2D eigenvalue weighted by atomic mass is 10.1. The number of halogens is 3. The van der Waals surface area contributed by atoms with Gasteiger partial charge < -0.3 is 19.5 Å². The highest BCUT2D eigenvalue weighted by atomic mass is 32.1. The molecule has 0 spiro atoms. The zero-order chi connectivity index (χ0) is 28.9. The highest BCUT2D eigenvalue weighted by molar-refractivity contribution is 7.14. The van der Waals surface area contributed by atoms with Crippen LogP contribution in [0.2, 0.25) is 0 Å². The molecule has 1 amide bonds. The molecule has 2 aromatic carbocycles. The number of aromatic nitrogens is 2. The van der Waals surface area contributed by atoms with Gasteiger partial charge in [-0.25, -0.2) is 4.98 Å². The Kier molecular flexibility index (Phi) is 9.19. The van der Waals surface area contributed by atoms with E-state index < -0.39 is 11.7 Å². The Morgan fingerprint density at radius 2 is 1.90 bits per heavy atom. The zero-order valence-corrected chi connectivity index (χ0v) is 23.8. The summed E-state index contributed by atoms with van der Waals surface area (Å²) >= 11 is 1.29. The molecule has 4 aromatic rings. The fourth-order valence-electron chi connectivity index (χ4n) is 4.44. The Morgan fingerprint density at radius 3 is 2.58 bits per heavy atom. The van der Waals surface area contributed by atoms with Gasteiger partial charge in [-0.3, -0.25) is 4.79 Å². The van der Waals surface area contributed by atoms with Crippen LogP contribution in [0.25, 0.3) is 11.4 Å². The second-order valence-corrected chi connectivity index (χ2v) is 10.5. The van der Waals surface area contributed by atoms with Crippen molar-refractivity contribution in [3.8, 4) is 17.1 Å². The molecule has 40 heavy (non-hydrogen) atoms. The lowest BCUT2D eigenvalue weighted by Gasteiger charge is -2.17. The number of aryl methyl sites for hydroxylation is 1. The van der Waals surface area contributed by atoms with E-state index in [0.717, 1.165) is 54.1 Å². The second-order valence-electron chi connectivity index (χ2n) is 9.60. The number of carbonyl (C=O) groups is 1. The van der Waals surface area contributed by atoms with Crippen molar-refractivity contribution in [1.82, 2.24) is 14.5 Å². The molecule has 6 nitrogen and oxygen atoms in total. The molecule has 0 atom stereocenters. The Hall–Kier alpha value is -3.79. The van der Waals surface area contributed by atoms with Crippen LogP contribution in [-0.4, -0.2) is 41.1 Å². The predicted octanol–water partition coefficient (Wildman–Crippen LogP) is 7.81. The number of alkyl halides is 3. The Bertz CT molecular complexity index is 1440. The Labute approximate surface area is 236 Å². The van der Waals surface area contributed by atoms with Gasteiger partial charge in [-0.15, -0.1) is 11.3 Å². The van der Waals surface area contributed by atoms with Crippen LogP contribution in [0.4, 0.5) is 24.0 Å². The zero-order valence-electron chi connectivity index (χ0n) is 23.0. The van der Waals surface area contributed by atoms with Gasteiger partial charge in [0.25, 0.3) is 5.91 Å². The maximum absolute atomic E-state index is 13.3. The van der Waals surface area contributed by atoms with E-state index in [1.54, 1.807) is 18.1 Å². The molecular weight excluding hydrogens is 537 g/mol. The van der Waals surface area contributed by atoms with Crippen molar-refractivity contribution in [1.29, 1.82) is 0 Å². The van der Waals surface area contributed by atoms with Crippen LogP contribution in [0.5, 0.6) is 5.75 Å². The van der Waals surface area contributed by atoms with Crippen molar-refractivity contribution in [2.24, 2.45) is 0 Å². The smallest absolute Gasteiger partial charge is 0.416 e. The van der Waals surface area contributed by atoms with Crippen molar-refractivity contribution in [2.45, 2.75) is 45.8 Å². The molecule has 2 heterocycles. The summed E-state index contributed by atoms with van der Waals surface area (Å²) in [6, 6.07) is 14.8. The molecule has 0 aliphatic heterocycles. The third-order valence-electron chi connectivity index (χ3n) is 6.78. The molecule has 10 heteroatoms. The highest BCUT2D eigenvalue weighted by Gasteiger charge is 2.30. The fourth-order valence-corrected chi connectivity index (χ4v) is 5.17. The molecule has 0 saturated heterocycles. The molecule has 212 valence electrons. The Morgan fingerprint density at radius 1 is 1.15 bits per heavy atom. The first-order valence-corrected chi connectivity index (χ1v) is 14.0. The van der Waals surface area contributed by atoms with Gasteiger partial charge in [-0.1, -0.05) is 31.5 Å². The van der Waals surface area contributed by atoms with E-state index in [0.29, 0.717) is 35.2 Å². The van der Waals surface area contributed by atoms with Gasteiger partial charge in [0.05, 0.1) is 29.6 Å². The van der Waals surface area contributed by atoms with E-state index in [2.05, 4.69) is 21.8 Å². The molecule has 0 aliphatic rings. The number of thiazole rings is 1. The number of benzene rings is 2. The number of rotatable bonds is 11. The summed E-state index contributed by atoms with van der Waals surface area (Å²) in [7, 11) is 3.44. The minimum atomic E-state index is -4.43. The molecule has 1 N–H and O–H groups in total. The predicted molar refractivity (Wildman–Crippen MR) is 154 cm³/mol. The van der Waals surface area contributed by atoms with Gasteiger partial charge in [0.2, 0.25) is 0 Å². The van der Waals surface area contributed by atoms with Crippen LogP contribution in [0.1, 0.15) is 46.9 Å². The monoisotopic (exact) mass is 570 g/mol.